The van der Waals surface area contributed by atoms with Crippen molar-refractivity contribution in [3.05, 3.63) is 42.0 Å². The number of ether oxygens (including phenoxy) is 1. The van der Waals surface area contributed by atoms with Crippen LogP contribution in [-0.2, 0) is 14.8 Å². The molecule has 0 spiro atoms. The maximum absolute atomic E-state index is 14.8. The minimum atomic E-state index is -0.602. The quantitative estimate of drug-likeness (QED) is 0.726. The van der Waals surface area contributed by atoms with E-state index in [2.05, 4.69) is 25.9 Å². The van der Waals surface area contributed by atoms with Crippen molar-refractivity contribution in [2.45, 2.75) is 51.4 Å². The SMILES string of the molecule is CC(C)(C)[Si]OC(C)(C)c1cnn(-c2ccc(N3C[C@H](CO)OC3=O)cc2F)c1. The van der Waals surface area contributed by atoms with Crippen molar-refractivity contribution in [3.8, 4) is 5.69 Å². The number of cyclic esters (lactones) is 1. The second-order valence-electron chi connectivity index (χ2n) is 8.57. The third-order valence-corrected chi connectivity index (χ3v) is 5.68. The molecule has 0 saturated carbocycles. The van der Waals surface area contributed by atoms with Crippen molar-refractivity contribution in [2.75, 3.05) is 18.1 Å². The average molecular weight is 420 g/mol. The number of rotatable bonds is 6. The first-order valence-electron chi connectivity index (χ1n) is 9.39. The normalized spacial score (nSPS) is 17.7. The smallest absolute Gasteiger partial charge is 0.414 e. The molecule has 3 rings (SSSR count). The van der Waals surface area contributed by atoms with Gasteiger partial charge in [0.05, 0.1) is 30.6 Å². The number of anilines is 1. The second kappa shape index (κ2) is 7.89. The first kappa shape index (κ1) is 21.5. The molecular formula is C20H26FN3O4Si. The molecule has 1 amide bonds. The molecule has 1 atom stereocenters. The Morgan fingerprint density at radius 3 is 2.66 bits per heavy atom. The molecule has 1 aromatic carbocycles. The topological polar surface area (TPSA) is 76.8 Å². The molecule has 156 valence electrons. The predicted molar refractivity (Wildman–Crippen MR) is 108 cm³/mol. The Morgan fingerprint density at radius 2 is 2.07 bits per heavy atom. The van der Waals surface area contributed by atoms with Gasteiger partial charge in [-0.25, -0.2) is 13.9 Å². The van der Waals surface area contributed by atoms with Crippen LogP contribution in [-0.4, -0.2) is 50.0 Å². The molecule has 29 heavy (non-hydrogen) atoms. The van der Waals surface area contributed by atoms with Gasteiger partial charge in [-0.2, -0.15) is 5.10 Å². The number of nitrogens with zero attached hydrogens (tertiary/aromatic N) is 3. The highest BCUT2D eigenvalue weighted by Crippen LogP contribution is 2.30. The van der Waals surface area contributed by atoms with Gasteiger partial charge in [0.1, 0.15) is 11.8 Å². The predicted octanol–water partition coefficient (Wildman–Crippen LogP) is 3.42. The molecule has 1 saturated heterocycles. The number of benzene rings is 1. The molecule has 2 aromatic rings. The fraction of sp³-hybridized carbons (Fsp3) is 0.500. The number of amides is 1. The summed E-state index contributed by atoms with van der Waals surface area (Å²) in [5, 5.41) is 13.5. The number of halogens is 1. The lowest BCUT2D eigenvalue weighted by Crippen LogP contribution is -2.27. The van der Waals surface area contributed by atoms with E-state index in [1.54, 1.807) is 24.5 Å². The standard InChI is InChI=1S/C20H26FN3O4Si/c1-19(2,3)29-28-20(4,5)13-9-22-24(10-13)17-7-6-14(8-16(17)21)23-11-15(12-25)27-18(23)26/h6-10,15,25H,11-12H2,1-5H3/t15-/m1/s1. The third-order valence-electron chi connectivity index (χ3n) is 4.46. The van der Waals surface area contributed by atoms with Crippen molar-refractivity contribution in [1.29, 1.82) is 0 Å². The minimum Gasteiger partial charge on any atom is -0.441 e. The van der Waals surface area contributed by atoms with Gasteiger partial charge in [0, 0.05) is 11.8 Å². The fourth-order valence-corrected chi connectivity index (χ4v) is 3.46. The van der Waals surface area contributed by atoms with Crippen LogP contribution in [0.5, 0.6) is 0 Å². The van der Waals surface area contributed by atoms with Crippen LogP contribution < -0.4 is 4.90 Å². The maximum atomic E-state index is 14.8. The van der Waals surface area contributed by atoms with Crippen LogP contribution >= 0.6 is 0 Å². The molecule has 0 bridgehead atoms. The molecule has 2 heterocycles. The van der Waals surface area contributed by atoms with Crippen LogP contribution in [0.4, 0.5) is 14.9 Å². The number of aromatic nitrogens is 2. The fourth-order valence-electron chi connectivity index (χ4n) is 2.78. The van der Waals surface area contributed by atoms with Crippen LogP contribution in [0.2, 0.25) is 5.04 Å². The Labute approximate surface area is 172 Å². The summed E-state index contributed by atoms with van der Waals surface area (Å²) in [5.74, 6) is -0.521. The molecule has 7 nitrogen and oxygen atoms in total. The summed E-state index contributed by atoms with van der Waals surface area (Å²) in [6, 6.07) is 4.45. The number of hydrogen-bond donors (Lipinski definition) is 1. The van der Waals surface area contributed by atoms with Crippen molar-refractivity contribution in [1.82, 2.24) is 9.78 Å². The zero-order valence-electron chi connectivity index (χ0n) is 17.3. The lowest BCUT2D eigenvalue weighted by atomic mass is 10.0. The minimum absolute atomic E-state index is 0.0565. The van der Waals surface area contributed by atoms with Gasteiger partial charge in [-0.15, -0.1) is 0 Å². The van der Waals surface area contributed by atoms with Crippen LogP contribution in [0.3, 0.4) is 0 Å². The Hall–Kier alpha value is -2.23. The van der Waals surface area contributed by atoms with Gasteiger partial charge in [0.15, 0.2) is 5.82 Å². The summed E-state index contributed by atoms with van der Waals surface area (Å²) in [7, 11) is 0.310. The Bertz CT molecular complexity index is 894. The van der Waals surface area contributed by atoms with E-state index in [0.717, 1.165) is 5.56 Å². The highest BCUT2D eigenvalue weighted by atomic mass is 28.2. The van der Waals surface area contributed by atoms with Crippen molar-refractivity contribution in [3.63, 3.8) is 0 Å². The maximum Gasteiger partial charge on any atom is 0.414 e. The van der Waals surface area contributed by atoms with E-state index in [0.29, 0.717) is 15.5 Å². The van der Waals surface area contributed by atoms with Gasteiger partial charge in [0.25, 0.3) is 0 Å². The first-order chi connectivity index (χ1) is 13.5. The summed E-state index contributed by atoms with van der Waals surface area (Å²) in [6.45, 7) is 10.2. The summed E-state index contributed by atoms with van der Waals surface area (Å²) < 4.78 is 27.3. The second-order valence-corrected chi connectivity index (χ2v) is 10.5. The van der Waals surface area contributed by atoms with E-state index in [-0.39, 0.29) is 23.9 Å². The van der Waals surface area contributed by atoms with E-state index in [9.17, 15) is 9.18 Å². The van der Waals surface area contributed by atoms with Gasteiger partial charge in [-0.3, -0.25) is 4.90 Å². The van der Waals surface area contributed by atoms with Crippen LogP contribution in [0, 0.1) is 5.82 Å². The van der Waals surface area contributed by atoms with E-state index in [1.165, 1.54) is 15.6 Å². The van der Waals surface area contributed by atoms with Gasteiger partial charge in [-0.05, 0) is 37.1 Å². The van der Waals surface area contributed by atoms with E-state index in [4.69, 9.17) is 14.3 Å². The molecule has 1 aliphatic rings. The highest BCUT2D eigenvalue weighted by Gasteiger charge is 2.32. The molecule has 1 aromatic heterocycles. The Kier molecular flexibility index (Phi) is 5.84. The largest absolute Gasteiger partial charge is 0.441 e. The van der Waals surface area contributed by atoms with Crippen molar-refractivity contribution < 1.29 is 23.5 Å². The van der Waals surface area contributed by atoms with Crippen LogP contribution in [0.15, 0.2) is 30.6 Å². The van der Waals surface area contributed by atoms with E-state index >= 15 is 0 Å². The summed E-state index contributed by atoms with van der Waals surface area (Å²) in [6.07, 6.45) is 2.22. The van der Waals surface area contributed by atoms with Crippen molar-refractivity contribution >= 4 is 21.5 Å². The molecule has 9 heteroatoms. The lowest BCUT2D eigenvalue weighted by molar-refractivity contribution is 0.0963. The van der Waals surface area contributed by atoms with Crippen LogP contribution in [0.25, 0.3) is 5.69 Å². The molecule has 1 fully saturated rings. The zero-order valence-corrected chi connectivity index (χ0v) is 18.3. The van der Waals surface area contributed by atoms with Crippen LogP contribution in [0.1, 0.15) is 40.2 Å². The molecule has 1 aliphatic heterocycles. The molecular weight excluding hydrogens is 393 g/mol. The summed E-state index contributed by atoms with van der Waals surface area (Å²) >= 11 is 0. The molecule has 0 aliphatic carbocycles. The number of carbonyl (C=O) groups excluding carboxylic acids is 1. The first-order valence-corrected chi connectivity index (χ1v) is 10.3. The third kappa shape index (κ3) is 4.85. The number of carbonyl (C=O) groups is 1. The Morgan fingerprint density at radius 1 is 1.34 bits per heavy atom. The summed E-state index contributed by atoms with van der Waals surface area (Å²) in [4.78, 5) is 13.2. The molecule has 0 unspecified atom stereocenters. The van der Waals surface area contributed by atoms with Gasteiger partial charge < -0.3 is 14.3 Å². The number of aliphatic hydroxyl groups is 1. The van der Waals surface area contributed by atoms with Gasteiger partial charge in [0.2, 0.25) is 9.76 Å². The molecule has 2 radical (unpaired) electrons. The lowest BCUT2D eigenvalue weighted by Gasteiger charge is -2.28. The van der Waals surface area contributed by atoms with Crippen molar-refractivity contribution in [2.24, 2.45) is 0 Å². The van der Waals surface area contributed by atoms with Gasteiger partial charge in [-0.1, -0.05) is 20.8 Å². The average Bonchev–Trinajstić information content (AvgIpc) is 3.27. The monoisotopic (exact) mass is 419 g/mol. The molecule has 1 N–H and O–H groups in total. The summed E-state index contributed by atoms with van der Waals surface area (Å²) in [5.41, 5.74) is 0.917. The van der Waals surface area contributed by atoms with E-state index in [1.807, 2.05) is 13.8 Å². The highest BCUT2D eigenvalue weighted by molar-refractivity contribution is 6.31. The number of hydrogen-bond acceptors (Lipinski definition) is 5. The zero-order chi connectivity index (χ0) is 21.4. The Balaban J connectivity index is 1.79. The van der Waals surface area contributed by atoms with E-state index < -0.39 is 23.6 Å². The number of aliphatic hydroxyl groups excluding tert-OH is 1. The van der Waals surface area contributed by atoms with Gasteiger partial charge >= 0.3 is 6.09 Å².